The number of benzene rings is 2. The standard InChI is InChI=1S/C44H40Cl4F6N4O6S4/c45-25-15-17-33(31(47)21-25)57-39-27(11-7-9-23-19-35(65-41(23)39)67(59,60)61)37(55-57)29(43(49,50)51)13-5-3-1-2-4-6-14-30(44(52,53)54)38-28-12-8-10-24-20-36(68(62,63)64)66-42(24)40(28)58(56-38)34-18-16-26(46)22-32(34)48/h15-22,29-30H,1-14H2,(H,59,60,61)(H,62,63,64). The number of hydrogen-bond acceptors (Lipinski definition) is 8. The normalized spacial score (nSPS) is 15.3. The van der Waals surface area contributed by atoms with Gasteiger partial charge in [0.2, 0.25) is 0 Å². The number of alkyl halides is 6. The van der Waals surface area contributed by atoms with E-state index in [0.29, 0.717) is 72.2 Å². The van der Waals surface area contributed by atoms with Gasteiger partial charge in [-0.1, -0.05) is 84.9 Å². The Morgan fingerprint density at radius 2 is 0.941 bits per heavy atom. The van der Waals surface area contributed by atoms with E-state index in [9.17, 15) is 25.9 Å². The number of hydrogen-bond donors (Lipinski definition) is 2. The molecular formula is C44H40Cl4F6N4O6S4. The lowest BCUT2D eigenvalue weighted by Gasteiger charge is -2.20. The third-order valence-electron chi connectivity index (χ3n) is 12.2. The van der Waals surface area contributed by atoms with Crippen LogP contribution in [0.15, 0.2) is 56.9 Å². The predicted molar refractivity (Wildman–Crippen MR) is 252 cm³/mol. The molecule has 8 rings (SSSR count). The minimum Gasteiger partial charge on any atom is -0.281 e. The summed E-state index contributed by atoms with van der Waals surface area (Å²) in [6.07, 6.45) is -6.48. The van der Waals surface area contributed by atoms with Crippen LogP contribution < -0.4 is 0 Å². The lowest BCUT2D eigenvalue weighted by atomic mass is 9.91. The Morgan fingerprint density at radius 3 is 1.28 bits per heavy atom. The van der Waals surface area contributed by atoms with Crippen LogP contribution in [0.1, 0.15) is 110 Å². The van der Waals surface area contributed by atoms with Gasteiger partial charge in [-0.05, 0) is 111 Å². The Hall–Kier alpha value is -3.18. The van der Waals surface area contributed by atoms with Crippen molar-refractivity contribution in [1.29, 1.82) is 0 Å². The van der Waals surface area contributed by atoms with Crippen molar-refractivity contribution in [1.82, 2.24) is 19.6 Å². The summed E-state index contributed by atoms with van der Waals surface area (Å²) in [7, 11) is -9.26. The van der Waals surface area contributed by atoms with Gasteiger partial charge in [0.25, 0.3) is 0 Å². The molecule has 0 aliphatic heterocycles. The Morgan fingerprint density at radius 1 is 0.574 bits per heavy atom. The largest absolute Gasteiger partial charge is 0.397 e. The van der Waals surface area contributed by atoms with Gasteiger partial charge < -0.3 is 0 Å². The van der Waals surface area contributed by atoms with Crippen LogP contribution in [-0.2, 0) is 45.9 Å². The van der Waals surface area contributed by atoms with E-state index in [-0.39, 0.29) is 112 Å². The molecule has 0 bridgehead atoms. The molecule has 24 heteroatoms. The number of aromatic nitrogens is 4. The zero-order valence-electron chi connectivity index (χ0n) is 35.4. The Labute approximate surface area is 415 Å². The van der Waals surface area contributed by atoms with E-state index in [2.05, 4.69) is 10.2 Å². The molecule has 10 nitrogen and oxygen atoms in total. The van der Waals surface area contributed by atoms with E-state index in [4.69, 9.17) is 46.4 Å². The van der Waals surface area contributed by atoms with E-state index in [1.54, 1.807) is 0 Å². The first-order valence-corrected chi connectivity index (χ1v) is 27.4. The van der Waals surface area contributed by atoms with Crippen molar-refractivity contribution in [3.63, 3.8) is 0 Å². The third-order valence-corrected chi connectivity index (χ3v) is 18.3. The van der Waals surface area contributed by atoms with Gasteiger partial charge in [-0.3, -0.25) is 9.11 Å². The quantitative estimate of drug-likeness (QED) is 0.0588. The first kappa shape index (κ1) is 51.2. The van der Waals surface area contributed by atoms with E-state index in [1.165, 1.54) is 57.9 Å². The van der Waals surface area contributed by atoms with Gasteiger partial charge in [0, 0.05) is 21.2 Å². The van der Waals surface area contributed by atoms with Gasteiger partial charge in [-0.25, -0.2) is 9.36 Å². The summed E-state index contributed by atoms with van der Waals surface area (Å²) in [5.41, 5.74) is 2.15. The zero-order valence-corrected chi connectivity index (χ0v) is 41.7. The number of rotatable bonds is 15. The average Bonchev–Trinajstić information content (AvgIpc) is 3.97. The number of nitrogens with zero attached hydrogens (tertiary/aromatic N) is 4. The molecular weight excluding hydrogens is 1060 g/mol. The molecule has 2 unspecified atom stereocenters. The summed E-state index contributed by atoms with van der Waals surface area (Å²) in [6.45, 7) is 0. The van der Waals surface area contributed by atoms with Crippen LogP contribution in [0.3, 0.4) is 0 Å². The zero-order chi connectivity index (χ0) is 49.1. The molecule has 366 valence electrons. The molecule has 4 aromatic heterocycles. The molecule has 6 aromatic rings. The highest BCUT2D eigenvalue weighted by Crippen LogP contribution is 2.50. The molecule has 0 saturated heterocycles. The van der Waals surface area contributed by atoms with Crippen molar-refractivity contribution >= 4 is 89.3 Å². The minimum absolute atomic E-state index is 0.0954. The maximum Gasteiger partial charge on any atom is 0.397 e. The van der Waals surface area contributed by atoms with Gasteiger partial charge in [0.1, 0.15) is 8.42 Å². The lowest BCUT2D eigenvalue weighted by Crippen LogP contribution is -2.23. The fraction of sp³-hybridized carbons (Fsp3) is 0.409. The molecule has 2 aliphatic rings. The number of thiophene rings is 2. The van der Waals surface area contributed by atoms with Crippen LogP contribution in [0.25, 0.3) is 32.5 Å². The van der Waals surface area contributed by atoms with Crippen molar-refractivity contribution in [3.8, 4) is 32.5 Å². The second-order valence-electron chi connectivity index (χ2n) is 16.8. The van der Waals surface area contributed by atoms with Gasteiger partial charge in [0.15, 0.2) is 0 Å². The number of halogens is 10. The molecule has 2 aliphatic carbocycles. The first-order chi connectivity index (χ1) is 31.9. The summed E-state index contributed by atoms with van der Waals surface area (Å²) < 4.78 is 161. The van der Waals surface area contributed by atoms with Gasteiger partial charge in [-0.2, -0.15) is 53.4 Å². The number of aryl methyl sites for hydroxylation is 2. The maximum absolute atomic E-state index is 15.1. The van der Waals surface area contributed by atoms with Gasteiger partial charge >= 0.3 is 32.6 Å². The molecule has 0 radical (unpaired) electrons. The summed E-state index contributed by atoms with van der Waals surface area (Å²) in [5, 5.41) is 9.80. The lowest BCUT2D eigenvalue weighted by molar-refractivity contribution is -0.154. The maximum atomic E-state index is 15.1. The Bertz CT molecular complexity index is 2910. The SMILES string of the molecule is O=S(=O)(O)c1cc2c(s1)-c1c(c(C(CCCCCCCCC(c3nn(-c4ccc(Cl)cc4Cl)c4c3CCCc3cc(S(=O)(=O)O)sc3-4)C(F)(F)F)C(F)(F)F)nn1-c1ccc(Cl)cc1Cl)CCC2. The highest BCUT2D eigenvalue weighted by molar-refractivity contribution is 7.88. The summed E-state index contributed by atoms with van der Waals surface area (Å²) in [4.78, 5) is 0.702. The van der Waals surface area contributed by atoms with Crippen LogP contribution >= 0.6 is 69.1 Å². The monoisotopic (exact) mass is 1100 g/mol. The fourth-order valence-corrected chi connectivity index (χ4v) is 14.1. The molecule has 2 atom stereocenters. The van der Waals surface area contributed by atoms with Crippen LogP contribution in [-0.4, -0.2) is 57.9 Å². The molecule has 0 saturated carbocycles. The molecule has 0 fully saturated rings. The fourth-order valence-electron chi connectivity index (χ4n) is 9.17. The van der Waals surface area contributed by atoms with Crippen molar-refractivity contribution < 1.29 is 52.3 Å². The second kappa shape index (κ2) is 19.8. The van der Waals surface area contributed by atoms with Crippen molar-refractivity contribution in [3.05, 3.63) is 102 Å². The topological polar surface area (TPSA) is 144 Å². The number of fused-ring (bicyclic) bond motifs is 6. The number of unbranched alkanes of at least 4 members (excludes halogenated alkanes) is 5. The first-order valence-electron chi connectivity index (χ1n) is 21.4. The van der Waals surface area contributed by atoms with Crippen LogP contribution in [0.5, 0.6) is 0 Å². The molecule has 4 heterocycles. The van der Waals surface area contributed by atoms with Gasteiger partial charge in [0.05, 0.1) is 65.8 Å². The molecule has 0 amide bonds. The Balaban J connectivity index is 0.992. The third kappa shape index (κ3) is 10.7. The minimum atomic E-state index is -4.73. The smallest absolute Gasteiger partial charge is 0.281 e. The highest BCUT2D eigenvalue weighted by atomic mass is 35.5. The van der Waals surface area contributed by atoms with Crippen LogP contribution in [0.2, 0.25) is 20.1 Å². The van der Waals surface area contributed by atoms with Crippen molar-refractivity contribution in [2.75, 3.05) is 0 Å². The molecule has 68 heavy (non-hydrogen) atoms. The predicted octanol–water partition coefficient (Wildman–Crippen LogP) is 14.7. The molecule has 0 spiro atoms. The summed E-state index contributed by atoms with van der Waals surface area (Å²) in [6, 6.07) is 11.5. The van der Waals surface area contributed by atoms with Crippen LogP contribution in [0.4, 0.5) is 26.3 Å². The second-order valence-corrected chi connectivity index (χ2v) is 23.9. The molecule has 2 N–H and O–H groups in total. The van der Waals surface area contributed by atoms with Crippen LogP contribution in [0, 0.1) is 0 Å². The van der Waals surface area contributed by atoms with E-state index >= 15 is 26.3 Å². The van der Waals surface area contributed by atoms with Crippen molar-refractivity contribution in [2.45, 2.75) is 122 Å². The van der Waals surface area contributed by atoms with Crippen molar-refractivity contribution in [2.24, 2.45) is 0 Å². The van der Waals surface area contributed by atoms with E-state index in [0.717, 1.165) is 22.7 Å². The summed E-state index contributed by atoms with van der Waals surface area (Å²) >= 11 is 26.9. The summed E-state index contributed by atoms with van der Waals surface area (Å²) in [5.74, 6) is -4.03. The highest BCUT2D eigenvalue weighted by Gasteiger charge is 2.46. The van der Waals surface area contributed by atoms with E-state index < -0.39 is 44.4 Å². The van der Waals surface area contributed by atoms with E-state index in [1.807, 2.05) is 0 Å². The Kier molecular flexibility index (Phi) is 14.9. The average molecular weight is 1100 g/mol. The van der Waals surface area contributed by atoms with Gasteiger partial charge in [-0.15, -0.1) is 22.7 Å². The molecule has 2 aromatic carbocycles.